The van der Waals surface area contributed by atoms with Gasteiger partial charge < -0.3 is 9.47 Å². The molecule has 0 aromatic heterocycles. The fourth-order valence-electron chi connectivity index (χ4n) is 2.69. The maximum absolute atomic E-state index is 12.2. The average Bonchev–Trinajstić information content (AvgIpc) is 2.82. The topological polar surface area (TPSA) is 72.9 Å². The molecule has 25 heavy (non-hydrogen) atoms. The first-order valence-corrected chi connectivity index (χ1v) is 7.77. The largest absolute Gasteiger partial charge is 0.482 e. The minimum atomic E-state index is -0.657. The smallest absolute Gasteiger partial charge is 0.345 e. The van der Waals surface area contributed by atoms with E-state index in [0.717, 1.165) is 16.0 Å². The maximum Gasteiger partial charge on any atom is 0.345 e. The lowest BCUT2D eigenvalue weighted by Crippen LogP contribution is -2.34. The van der Waals surface area contributed by atoms with Crippen molar-refractivity contribution in [3.05, 3.63) is 64.7 Å². The number of carbonyl (C=O) groups excluding carboxylic acids is 3. The van der Waals surface area contributed by atoms with Crippen LogP contribution in [0.3, 0.4) is 0 Å². The van der Waals surface area contributed by atoms with Crippen molar-refractivity contribution in [1.82, 2.24) is 4.90 Å². The van der Waals surface area contributed by atoms with E-state index in [2.05, 4.69) is 0 Å². The lowest BCUT2D eigenvalue weighted by Gasteiger charge is -2.14. The van der Waals surface area contributed by atoms with Gasteiger partial charge in [0.15, 0.2) is 13.3 Å². The molecule has 1 aliphatic rings. The fraction of sp³-hybridized carbons (Fsp3) is 0.211. The fourth-order valence-corrected chi connectivity index (χ4v) is 2.69. The van der Waals surface area contributed by atoms with Crippen molar-refractivity contribution in [2.24, 2.45) is 0 Å². The second-order valence-electron chi connectivity index (χ2n) is 5.84. The Morgan fingerprint density at radius 3 is 2.08 bits per heavy atom. The standard InChI is InChI=1S/C19H17NO5/c1-12-7-13(2)9-14(8-12)24-10-17(21)25-11-20-18(22)15-5-3-4-6-16(15)19(20)23/h3-9H,10-11H2,1-2H3. The van der Waals surface area contributed by atoms with Crippen molar-refractivity contribution < 1.29 is 23.9 Å². The molecule has 2 aromatic carbocycles. The quantitative estimate of drug-likeness (QED) is 0.618. The number of benzene rings is 2. The van der Waals surface area contributed by atoms with Crippen LogP contribution in [-0.2, 0) is 9.53 Å². The highest BCUT2D eigenvalue weighted by Crippen LogP contribution is 2.22. The van der Waals surface area contributed by atoms with Gasteiger partial charge in [-0.1, -0.05) is 18.2 Å². The third-order valence-electron chi connectivity index (χ3n) is 3.78. The monoisotopic (exact) mass is 339 g/mol. The van der Waals surface area contributed by atoms with E-state index < -0.39 is 24.5 Å². The van der Waals surface area contributed by atoms with Crippen LogP contribution in [0.15, 0.2) is 42.5 Å². The number of carbonyl (C=O) groups is 3. The van der Waals surface area contributed by atoms with Crippen LogP contribution < -0.4 is 4.74 Å². The number of imide groups is 1. The first-order chi connectivity index (χ1) is 12.0. The van der Waals surface area contributed by atoms with Crippen LogP contribution >= 0.6 is 0 Å². The summed E-state index contributed by atoms with van der Waals surface area (Å²) in [6.07, 6.45) is 0. The average molecular weight is 339 g/mol. The van der Waals surface area contributed by atoms with Gasteiger partial charge in [0.1, 0.15) is 5.75 Å². The molecule has 1 aliphatic heterocycles. The normalized spacial score (nSPS) is 13.0. The summed E-state index contributed by atoms with van der Waals surface area (Å²) in [6.45, 7) is 3.13. The van der Waals surface area contributed by atoms with Crippen molar-refractivity contribution in [3.63, 3.8) is 0 Å². The van der Waals surface area contributed by atoms with Gasteiger partial charge in [0.05, 0.1) is 11.1 Å². The highest BCUT2D eigenvalue weighted by Gasteiger charge is 2.35. The molecule has 0 bridgehead atoms. The minimum absolute atomic E-state index is 0.300. The van der Waals surface area contributed by atoms with E-state index in [1.54, 1.807) is 24.3 Å². The summed E-state index contributed by atoms with van der Waals surface area (Å²) >= 11 is 0. The van der Waals surface area contributed by atoms with Gasteiger partial charge >= 0.3 is 5.97 Å². The summed E-state index contributed by atoms with van der Waals surface area (Å²) in [5.74, 6) is -1.03. The predicted octanol–water partition coefficient (Wildman–Crippen LogP) is 2.48. The number of aryl methyl sites for hydroxylation is 2. The van der Waals surface area contributed by atoms with E-state index in [0.29, 0.717) is 16.9 Å². The Hall–Kier alpha value is -3.15. The van der Waals surface area contributed by atoms with Gasteiger partial charge in [-0.25, -0.2) is 9.69 Å². The summed E-state index contributed by atoms with van der Waals surface area (Å²) in [6, 6.07) is 12.1. The van der Waals surface area contributed by atoms with Crippen molar-refractivity contribution in [1.29, 1.82) is 0 Å². The molecule has 0 saturated heterocycles. The number of amides is 2. The van der Waals surface area contributed by atoms with E-state index in [9.17, 15) is 14.4 Å². The summed E-state index contributed by atoms with van der Waals surface area (Å²) < 4.78 is 10.4. The summed E-state index contributed by atoms with van der Waals surface area (Å²) in [5.41, 5.74) is 2.67. The maximum atomic E-state index is 12.2. The molecule has 0 aliphatic carbocycles. The molecule has 0 spiro atoms. The number of esters is 1. The number of rotatable bonds is 5. The summed E-state index contributed by atoms with van der Waals surface area (Å²) in [4.78, 5) is 37.0. The van der Waals surface area contributed by atoms with Crippen LogP contribution in [-0.4, -0.2) is 36.0 Å². The lowest BCUT2D eigenvalue weighted by atomic mass is 10.1. The van der Waals surface area contributed by atoms with Crippen LogP contribution in [0.4, 0.5) is 0 Å². The Kier molecular flexibility index (Phi) is 4.52. The Morgan fingerprint density at radius 1 is 0.960 bits per heavy atom. The predicted molar refractivity (Wildman–Crippen MR) is 89.3 cm³/mol. The van der Waals surface area contributed by atoms with Crippen molar-refractivity contribution >= 4 is 17.8 Å². The van der Waals surface area contributed by atoms with Crippen molar-refractivity contribution in [2.75, 3.05) is 13.3 Å². The molecule has 0 fully saturated rings. The Morgan fingerprint density at radius 2 is 1.52 bits per heavy atom. The van der Waals surface area contributed by atoms with Crippen LogP contribution in [0, 0.1) is 13.8 Å². The molecular weight excluding hydrogens is 322 g/mol. The Balaban J connectivity index is 1.55. The van der Waals surface area contributed by atoms with Crippen LogP contribution in [0.5, 0.6) is 5.75 Å². The van der Waals surface area contributed by atoms with Gasteiger partial charge in [0, 0.05) is 0 Å². The molecule has 128 valence electrons. The van der Waals surface area contributed by atoms with Gasteiger partial charge in [-0.2, -0.15) is 0 Å². The first kappa shape index (κ1) is 16.7. The molecule has 0 saturated carbocycles. The van der Waals surface area contributed by atoms with E-state index in [1.165, 1.54) is 0 Å². The van der Waals surface area contributed by atoms with E-state index in [4.69, 9.17) is 9.47 Å². The molecule has 0 radical (unpaired) electrons. The summed E-state index contributed by atoms with van der Waals surface area (Å²) in [5, 5.41) is 0. The lowest BCUT2D eigenvalue weighted by molar-refractivity contribution is -0.148. The number of nitrogens with zero attached hydrogens (tertiary/aromatic N) is 1. The van der Waals surface area contributed by atoms with Gasteiger partial charge in [-0.15, -0.1) is 0 Å². The zero-order valence-corrected chi connectivity index (χ0v) is 13.9. The highest BCUT2D eigenvalue weighted by atomic mass is 16.6. The number of ether oxygens (including phenoxy) is 2. The van der Waals surface area contributed by atoms with E-state index in [-0.39, 0.29) is 6.61 Å². The molecule has 6 nitrogen and oxygen atoms in total. The van der Waals surface area contributed by atoms with Gasteiger partial charge in [-0.3, -0.25) is 9.59 Å². The highest BCUT2D eigenvalue weighted by molar-refractivity contribution is 6.21. The minimum Gasteiger partial charge on any atom is -0.482 e. The summed E-state index contributed by atoms with van der Waals surface area (Å²) in [7, 11) is 0. The van der Waals surface area contributed by atoms with Crippen LogP contribution in [0.25, 0.3) is 0 Å². The molecule has 6 heteroatoms. The van der Waals surface area contributed by atoms with Crippen molar-refractivity contribution in [3.8, 4) is 5.75 Å². The van der Waals surface area contributed by atoms with Crippen LogP contribution in [0.1, 0.15) is 31.8 Å². The molecule has 0 unspecified atom stereocenters. The molecule has 0 atom stereocenters. The molecule has 2 amide bonds. The molecule has 1 heterocycles. The van der Waals surface area contributed by atoms with Gasteiger partial charge in [-0.05, 0) is 49.2 Å². The zero-order chi connectivity index (χ0) is 18.0. The Bertz CT molecular complexity index is 803. The van der Waals surface area contributed by atoms with E-state index >= 15 is 0 Å². The molecular formula is C19H17NO5. The van der Waals surface area contributed by atoms with E-state index in [1.807, 2.05) is 32.0 Å². The SMILES string of the molecule is Cc1cc(C)cc(OCC(=O)OCN2C(=O)c3ccccc3C2=O)c1. The first-order valence-electron chi connectivity index (χ1n) is 7.77. The molecule has 2 aromatic rings. The van der Waals surface area contributed by atoms with Crippen molar-refractivity contribution in [2.45, 2.75) is 13.8 Å². The molecule has 3 rings (SSSR count). The third kappa shape index (κ3) is 3.52. The van der Waals surface area contributed by atoms with Gasteiger partial charge in [0.2, 0.25) is 0 Å². The number of fused-ring (bicyclic) bond motifs is 1. The second-order valence-corrected chi connectivity index (χ2v) is 5.84. The van der Waals surface area contributed by atoms with Crippen LogP contribution in [0.2, 0.25) is 0 Å². The number of hydrogen-bond donors (Lipinski definition) is 0. The van der Waals surface area contributed by atoms with Gasteiger partial charge in [0.25, 0.3) is 11.8 Å². The number of hydrogen-bond acceptors (Lipinski definition) is 5. The zero-order valence-electron chi connectivity index (χ0n) is 13.9. The molecule has 0 N–H and O–H groups in total. The second kappa shape index (κ2) is 6.76. The Labute approximate surface area is 145 Å². The third-order valence-corrected chi connectivity index (χ3v) is 3.78.